The molecule has 14 nitrogen and oxygen atoms in total. The normalized spacial score (nSPS) is 19.8. The van der Waals surface area contributed by atoms with Gasteiger partial charge in [0.25, 0.3) is 0 Å². The van der Waals surface area contributed by atoms with Gasteiger partial charge in [0, 0.05) is 13.0 Å². The highest BCUT2D eigenvalue weighted by Gasteiger charge is 2.12. The third-order valence-corrected chi connectivity index (χ3v) is 3.58. The molecule has 30 heavy (non-hydrogen) atoms. The SMILES string of the molecule is O=C1CCCNC(=O)CNC(=O)CNC(=O)CNC(=O)CNC(=O)CNC(=O)CN1. The van der Waals surface area contributed by atoms with Gasteiger partial charge in [0.15, 0.2) is 0 Å². The molecular weight excluding hydrogens is 402 g/mol. The fourth-order valence-corrected chi connectivity index (χ4v) is 2.01. The van der Waals surface area contributed by atoms with Gasteiger partial charge in [-0.3, -0.25) is 33.6 Å². The van der Waals surface area contributed by atoms with Gasteiger partial charge in [-0.2, -0.15) is 0 Å². The van der Waals surface area contributed by atoms with E-state index in [2.05, 4.69) is 37.2 Å². The van der Waals surface area contributed by atoms with Crippen LogP contribution in [0.3, 0.4) is 0 Å². The van der Waals surface area contributed by atoms with Gasteiger partial charge in [0.05, 0.1) is 39.3 Å². The second-order valence-corrected chi connectivity index (χ2v) is 6.11. The molecule has 7 amide bonds. The molecule has 166 valence electrons. The first kappa shape index (κ1) is 24.3. The van der Waals surface area contributed by atoms with Crippen molar-refractivity contribution in [1.29, 1.82) is 0 Å². The molecule has 7 N–H and O–H groups in total. The third kappa shape index (κ3) is 11.9. The quantitative estimate of drug-likeness (QED) is 0.200. The highest BCUT2D eigenvalue weighted by molar-refractivity contribution is 5.92. The molecule has 1 heterocycles. The van der Waals surface area contributed by atoms with Crippen LogP contribution in [0.15, 0.2) is 0 Å². The Morgan fingerprint density at radius 2 is 0.633 bits per heavy atom. The lowest BCUT2D eigenvalue weighted by Crippen LogP contribution is -2.46. The Bertz CT molecular complexity index is 639. The Kier molecular flexibility index (Phi) is 10.9. The van der Waals surface area contributed by atoms with Crippen LogP contribution in [0.4, 0.5) is 0 Å². The Balaban J connectivity index is 2.54. The molecule has 1 aliphatic rings. The van der Waals surface area contributed by atoms with Crippen molar-refractivity contribution in [1.82, 2.24) is 37.2 Å². The Labute approximate surface area is 171 Å². The fraction of sp³-hybridized carbons (Fsp3) is 0.562. The highest BCUT2D eigenvalue weighted by atomic mass is 16.2. The van der Waals surface area contributed by atoms with Crippen LogP contribution in [0, 0.1) is 0 Å². The van der Waals surface area contributed by atoms with Crippen molar-refractivity contribution >= 4 is 41.4 Å². The number of nitrogens with one attached hydrogen (secondary N) is 7. The van der Waals surface area contributed by atoms with Crippen molar-refractivity contribution in [2.75, 3.05) is 45.8 Å². The van der Waals surface area contributed by atoms with Crippen LogP contribution in [0.2, 0.25) is 0 Å². The van der Waals surface area contributed by atoms with Crippen molar-refractivity contribution in [3.8, 4) is 0 Å². The molecule has 0 saturated carbocycles. The number of hydrogen-bond donors (Lipinski definition) is 7. The highest BCUT2D eigenvalue weighted by Crippen LogP contribution is 1.87. The summed E-state index contributed by atoms with van der Waals surface area (Å²) in [6.07, 6.45) is 0.369. The zero-order valence-electron chi connectivity index (χ0n) is 16.2. The minimum Gasteiger partial charge on any atom is -0.355 e. The standard InChI is InChI=1S/C16H25N7O7/c24-10-2-1-3-17-11(25)4-19-13(27)6-21-15(29)8-23-16(30)9-22-14(28)7-20-12(26)5-18-10/h1-9H2,(H,17,25)(H,18,24)(H,19,27)(H,20,26)(H,21,29)(H,22,28)(H,23,30). The van der Waals surface area contributed by atoms with Gasteiger partial charge < -0.3 is 37.2 Å². The minimum absolute atomic E-state index is 0.0571. The maximum absolute atomic E-state index is 11.6. The summed E-state index contributed by atoms with van der Waals surface area (Å²) in [6.45, 7) is -2.09. The van der Waals surface area contributed by atoms with Crippen molar-refractivity contribution < 1.29 is 33.6 Å². The molecule has 0 aliphatic carbocycles. The van der Waals surface area contributed by atoms with E-state index in [0.29, 0.717) is 6.42 Å². The summed E-state index contributed by atoms with van der Waals surface area (Å²) in [5.41, 5.74) is 0. The van der Waals surface area contributed by atoms with Gasteiger partial charge in [-0.15, -0.1) is 0 Å². The molecule has 0 bridgehead atoms. The number of carbonyl (C=O) groups excluding carboxylic acids is 7. The van der Waals surface area contributed by atoms with Crippen LogP contribution < -0.4 is 37.2 Å². The number of amides is 7. The second kappa shape index (κ2) is 13.5. The van der Waals surface area contributed by atoms with Crippen molar-refractivity contribution in [2.45, 2.75) is 12.8 Å². The monoisotopic (exact) mass is 427 g/mol. The summed E-state index contributed by atoms with van der Waals surface area (Å²) >= 11 is 0. The zero-order chi connectivity index (χ0) is 22.4. The van der Waals surface area contributed by atoms with E-state index in [1.54, 1.807) is 0 Å². The van der Waals surface area contributed by atoms with E-state index < -0.39 is 67.5 Å². The predicted octanol–water partition coefficient (Wildman–Crippen LogP) is -5.41. The maximum Gasteiger partial charge on any atom is 0.239 e. The maximum atomic E-state index is 11.6. The average Bonchev–Trinajstić information content (AvgIpc) is 2.72. The first-order valence-corrected chi connectivity index (χ1v) is 9.13. The molecule has 0 radical (unpaired) electrons. The number of carbonyl (C=O) groups is 7. The van der Waals surface area contributed by atoms with E-state index >= 15 is 0 Å². The minimum atomic E-state index is -0.656. The fourth-order valence-electron chi connectivity index (χ4n) is 2.01. The molecule has 0 atom stereocenters. The molecule has 1 saturated heterocycles. The lowest BCUT2D eigenvalue weighted by molar-refractivity contribution is -0.129. The second-order valence-electron chi connectivity index (χ2n) is 6.11. The van der Waals surface area contributed by atoms with Crippen molar-refractivity contribution in [3.63, 3.8) is 0 Å². The Morgan fingerprint density at radius 1 is 0.367 bits per heavy atom. The van der Waals surface area contributed by atoms with Gasteiger partial charge in [-0.1, -0.05) is 0 Å². The summed E-state index contributed by atoms with van der Waals surface area (Å²) in [5.74, 6) is -4.02. The summed E-state index contributed by atoms with van der Waals surface area (Å²) in [4.78, 5) is 81.2. The number of rotatable bonds is 0. The largest absolute Gasteiger partial charge is 0.355 e. The predicted molar refractivity (Wildman–Crippen MR) is 100 cm³/mol. The molecule has 0 aromatic carbocycles. The average molecular weight is 427 g/mol. The Hall–Kier alpha value is -3.71. The first-order valence-electron chi connectivity index (χ1n) is 9.13. The van der Waals surface area contributed by atoms with E-state index in [1.165, 1.54) is 0 Å². The molecule has 1 rings (SSSR count). The molecular formula is C16H25N7O7. The third-order valence-electron chi connectivity index (χ3n) is 3.58. The van der Waals surface area contributed by atoms with Crippen LogP contribution in [-0.4, -0.2) is 87.2 Å². The topological polar surface area (TPSA) is 204 Å². The molecule has 0 spiro atoms. The zero-order valence-corrected chi connectivity index (χ0v) is 16.2. The van der Waals surface area contributed by atoms with Crippen LogP contribution in [0.1, 0.15) is 12.8 Å². The van der Waals surface area contributed by atoms with E-state index in [1.807, 2.05) is 0 Å². The van der Waals surface area contributed by atoms with Crippen molar-refractivity contribution in [2.24, 2.45) is 0 Å². The summed E-state index contributed by atoms with van der Waals surface area (Å²) in [5, 5.41) is 16.2. The molecule has 1 fully saturated rings. The smallest absolute Gasteiger partial charge is 0.239 e. The van der Waals surface area contributed by atoms with Crippen LogP contribution in [0.25, 0.3) is 0 Å². The van der Waals surface area contributed by atoms with E-state index in [9.17, 15) is 33.6 Å². The van der Waals surface area contributed by atoms with Crippen LogP contribution >= 0.6 is 0 Å². The van der Waals surface area contributed by atoms with Gasteiger partial charge >= 0.3 is 0 Å². The van der Waals surface area contributed by atoms with E-state index in [0.717, 1.165) is 0 Å². The van der Waals surface area contributed by atoms with E-state index in [4.69, 9.17) is 0 Å². The molecule has 1 aliphatic heterocycles. The molecule has 14 heteroatoms. The summed E-state index contributed by atoms with van der Waals surface area (Å²) < 4.78 is 0. The first-order chi connectivity index (χ1) is 14.3. The summed E-state index contributed by atoms with van der Waals surface area (Å²) in [7, 11) is 0. The van der Waals surface area contributed by atoms with Crippen molar-refractivity contribution in [3.05, 3.63) is 0 Å². The number of hydrogen-bond acceptors (Lipinski definition) is 7. The Morgan fingerprint density at radius 3 is 0.967 bits per heavy atom. The van der Waals surface area contributed by atoms with Gasteiger partial charge in [-0.05, 0) is 6.42 Å². The van der Waals surface area contributed by atoms with E-state index in [-0.39, 0.29) is 26.1 Å². The van der Waals surface area contributed by atoms with Crippen LogP contribution in [0.5, 0.6) is 0 Å². The molecule has 0 aromatic heterocycles. The van der Waals surface area contributed by atoms with Crippen LogP contribution in [-0.2, 0) is 33.6 Å². The molecule has 0 aromatic rings. The lowest BCUT2D eigenvalue weighted by atomic mass is 10.3. The van der Waals surface area contributed by atoms with Gasteiger partial charge in [0.1, 0.15) is 0 Å². The summed E-state index contributed by atoms with van der Waals surface area (Å²) in [6, 6.07) is 0. The lowest BCUT2D eigenvalue weighted by Gasteiger charge is -2.09. The molecule has 0 unspecified atom stereocenters. The van der Waals surface area contributed by atoms with Gasteiger partial charge in [0.2, 0.25) is 41.4 Å². The van der Waals surface area contributed by atoms with Gasteiger partial charge in [-0.25, -0.2) is 0 Å².